The molecule has 3 nitrogen and oxygen atoms in total. The highest BCUT2D eigenvalue weighted by Gasteiger charge is 2.04. The molecule has 0 saturated heterocycles. The molecular formula is C9H7BrClN3S. The predicted molar refractivity (Wildman–Crippen MR) is 67.1 cm³/mol. The van der Waals surface area contributed by atoms with Gasteiger partial charge in [-0.25, -0.2) is 0 Å². The standard InChI is InChI=1S/C9H7BrClN3S/c1-5-2-3-6(11)4-7(5)12-9-14-13-8(10)15-9/h2-4H,1H3,(H,12,14). The van der Waals surface area contributed by atoms with Crippen molar-refractivity contribution < 1.29 is 0 Å². The molecule has 0 fully saturated rings. The summed E-state index contributed by atoms with van der Waals surface area (Å²) >= 11 is 10.6. The summed E-state index contributed by atoms with van der Waals surface area (Å²) < 4.78 is 0.754. The van der Waals surface area contributed by atoms with E-state index in [1.54, 1.807) is 0 Å². The Bertz CT molecular complexity index is 486. The normalized spacial score (nSPS) is 10.3. The van der Waals surface area contributed by atoms with Gasteiger partial charge in [-0.2, -0.15) is 0 Å². The third-order valence-corrected chi connectivity index (χ3v) is 3.35. The van der Waals surface area contributed by atoms with Crippen molar-refractivity contribution in [2.45, 2.75) is 6.92 Å². The van der Waals surface area contributed by atoms with E-state index in [-0.39, 0.29) is 0 Å². The lowest BCUT2D eigenvalue weighted by Crippen LogP contribution is -1.92. The number of aromatic nitrogens is 2. The van der Waals surface area contributed by atoms with Crippen LogP contribution in [0.25, 0.3) is 0 Å². The molecule has 78 valence electrons. The lowest BCUT2D eigenvalue weighted by Gasteiger charge is -2.05. The first-order valence-electron chi connectivity index (χ1n) is 4.17. The van der Waals surface area contributed by atoms with Crippen LogP contribution in [-0.4, -0.2) is 10.2 Å². The van der Waals surface area contributed by atoms with Crippen molar-refractivity contribution in [3.05, 3.63) is 32.7 Å². The second-order valence-corrected chi connectivity index (χ2v) is 5.63. The summed E-state index contributed by atoms with van der Waals surface area (Å²) in [7, 11) is 0. The Labute approximate surface area is 105 Å². The largest absolute Gasteiger partial charge is 0.330 e. The summed E-state index contributed by atoms with van der Waals surface area (Å²) in [6.45, 7) is 2.01. The van der Waals surface area contributed by atoms with Crippen molar-refractivity contribution in [2.24, 2.45) is 0 Å². The van der Waals surface area contributed by atoms with Gasteiger partial charge >= 0.3 is 0 Å². The molecule has 0 unspecified atom stereocenters. The SMILES string of the molecule is Cc1ccc(Cl)cc1Nc1nnc(Br)s1. The van der Waals surface area contributed by atoms with Crippen LogP contribution in [0.4, 0.5) is 10.8 Å². The van der Waals surface area contributed by atoms with Crippen LogP contribution in [0.2, 0.25) is 5.02 Å². The van der Waals surface area contributed by atoms with E-state index in [4.69, 9.17) is 11.6 Å². The van der Waals surface area contributed by atoms with Crippen LogP contribution in [-0.2, 0) is 0 Å². The molecular weight excluding hydrogens is 298 g/mol. The maximum absolute atomic E-state index is 5.91. The highest BCUT2D eigenvalue weighted by atomic mass is 79.9. The predicted octanol–water partition coefficient (Wildman–Crippen LogP) is 4.01. The van der Waals surface area contributed by atoms with E-state index in [2.05, 4.69) is 31.4 Å². The van der Waals surface area contributed by atoms with Crippen LogP contribution in [0.5, 0.6) is 0 Å². The third-order valence-electron chi connectivity index (χ3n) is 1.84. The zero-order valence-electron chi connectivity index (χ0n) is 7.79. The highest BCUT2D eigenvalue weighted by Crippen LogP contribution is 2.27. The van der Waals surface area contributed by atoms with Gasteiger partial charge < -0.3 is 5.32 Å². The van der Waals surface area contributed by atoms with Crippen LogP contribution in [0.15, 0.2) is 22.1 Å². The summed E-state index contributed by atoms with van der Waals surface area (Å²) in [5.41, 5.74) is 2.07. The summed E-state index contributed by atoms with van der Waals surface area (Å²) in [5.74, 6) is 0. The van der Waals surface area contributed by atoms with Crippen molar-refractivity contribution >= 4 is 49.7 Å². The molecule has 1 heterocycles. The fourth-order valence-corrected chi connectivity index (χ4v) is 2.30. The first-order chi connectivity index (χ1) is 7.15. The molecule has 0 aliphatic heterocycles. The minimum Gasteiger partial charge on any atom is -0.330 e. The maximum Gasteiger partial charge on any atom is 0.210 e. The molecule has 1 aromatic heterocycles. The van der Waals surface area contributed by atoms with Crippen LogP contribution in [0.1, 0.15) is 5.56 Å². The Balaban J connectivity index is 2.27. The Morgan fingerprint density at radius 1 is 1.40 bits per heavy atom. The van der Waals surface area contributed by atoms with E-state index < -0.39 is 0 Å². The first-order valence-corrected chi connectivity index (χ1v) is 6.16. The summed E-state index contributed by atoms with van der Waals surface area (Å²) in [6, 6.07) is 5.69. The van der Waals surface area contributed by atoms with Gasteiger partial charge in [-0.3, -0.25) is 0 Å². The van der Waals surface area contributed by atoms with Crippen LogP contribution in [0.3, 0.4) is 0 Å². The Morgan fingerprint density at radius 3 is 2.87 bits per heavy atom. The van der Waals surface area contributed by atoms with Gasteiger partial charge in [0.05, 0.1) is 0 Å². The van der Waals surface area contributed by atoms with Gasteiger partial charge in [0.1, 0.15) is 0 Å². The number of hydrogen-bond donors (Lipinski definition) is 1. The third kappa shape index (κ3) is 2.68. The number of nitrogens with one attached hydrogen (secondary N) is 1. The van der Waals surface area contributed by atoms with Gasteiger partial charge in [-0.05, 0) is 40.5 Å². The maximum atomic E-state index is 5.91. The number of aryl methyl sites for hydroxylation is 1. The summed E-state index contributed by atoms with van der Waals surface area (Å²) in [4.78, 5) is 0. The summed E-state index contributed by atoms with van der Waals surface area (Å²) in [6.07, 6.45) is 0. The number of hydrogen-bond acceptors (Lipinski definition) is 4. The zero-order chi connectivity index (χ0) is 10.8. The Morgan fingerprint density at radius 2 is 2.20 bits per heavy atom. The topological polar surface area (TPSA) is 37.8 Å². The molecule has 1 aromatic carbocycles. The molecule has 0 aliphatic carbocycles. The van der Waals surface area contributed by atoms with E-state index >= 15 is 0 Å². The molecule has 15 heavy (non-hydrogen) atoms. The van der Waals surface area contributed by atoms with Crippen molar-refractivity contribution in [3.8, 4) is 0 Å². The number of benzene rings is 1. The minimum atomic E-state index is 0.701. The van der Waals surface area contributed by atoms with Gasteiger partial charge in [0, 0.05) is 10.7 Å². The average molecular weight is 305 g/mol. The number of rotatable bonds is 2. The average Bonchev–Trinajstić information content (AvgIpc) is 2.58. The van der Waals surface area contributed by atoms with Crippen LogP contribution in [0, 0.1) is 6.92 Å². The fraction of sp³-hybridized carbons (Fsp3) is 0.111. The molecule has 6 heteroatoms. The smallest absolute Gasteiger partial charge is 0.210 e. The van der Waals surface area contributed by atoms with Gasteiger partial charge in [-0.1, -0.05) is 29.0 Å². The Kier molecular flexibility index (Phi) is 3.23. The van der Waals surface area contributed by atoms with E-state index in [0.717, 1.165) is 20.3 Å². The first kappa shape index (κ1) is 10.9. The van der Waals surface area contributed by atoms with E-state index in [1.807, 2.05) is 25.1 Å². The molecule has 2 rings (SSSR count). The quantitative estimate of drug-likeness (QED) is 0.911. The van der Waals surface area contributed by atoms with Crippen molar-refractivity contribution in [1.82, 2.24) is 10.2 Å². The highest BCUT2D eigenvalue weighted by molar-refractivity contribution is 9.11. The number of nitrogens with zero attached hydrogens (tertiary/aromatic N) is 2. The fourth-order valence-electron chi connectivity index (χ4n) is 1.10. The summed E-state index contributed by atoms with van der Waals surface area (Å²) in [5, 5.41) is 12.4. The van der Waals surface area contributed by atoms with Gasteiger partial charge in [0.15, 0.2) is 3.92 Å². The van der Waals surface area contributed by atoms with Crippen molar-refractivity contribution in [2.75, 3.05) is 5.32 Å². The van der Waals surface area contributed by atoms with Crippen molar-refractivity contribution in [1.29, 1.82) is 0 Å². The minimum absolute atomic E-state index is 0.701. The molecule has 0 saturated carbocycles. The second kappa shape index (κ2) is 4.47. The lowest BCUT2D eigenvalue weighted by atomic mass is 10.2. The van der Waals surface area contributed by atoms with Gasteiger partial charge in [0.25, 0.3) is 0 Å². The lowest BCUT2D eigenvalue weighted by molar-refractivity contribution is 1.07. The molecule has 0 bridgehead atoms. The van der Waals surface area contributed by atoms with Gasteiger partial charge in [0.2, 0.25) is 5.13 Å². The second-order valence-electron chi connectivity index (χ2n) is 2.94. The van der Waals surface area contributed by atoms with E-state index in [1.165, 1.54) is 11.3 Å². The number of anilines is 2. The molecule has 0 amide bonds. The molecule has 0 radical (unpaired) electrons. The van der Waals surface area contributed by atoms with E-state index in [0.29, 0.717) is 5.02 Å². The van der Waals surface area contributed by atoms with Gasteiger partial charge in [-0.15, -0.1) is 10.2 Å². The van der Waals surface area contributed by atoms with E-state index in [9.17, 15) is 0 Å². The molecule has 0 aliphatic rings. The number of halogens is 2. The zero-order valence-corrected chi connectivity index (χ0v) is 10.9. The Hall–Kier alpha value is -0.650. The molecule has 1 N–H and O–H groups in total. The molecule has 0 spiro atoms. The van der Waals surface area contributed by atoms with Crippen molar-refractivity contribution in [3.63, 3.8) is 0 Å². The molecule has 2 aromatic rings. The van der Waals surface area contributed by atoms with Crippen LogP contribution < -0.4 is 5.32 Å². The monoisotopic (exact) mass is 303 g/mol. The van der Waals surface area contributed by atoms with Crippen LogP contribution >= 0.6 is 38.9 Å². The molecule has 0 atom stereocenters.